The van der Waals surface area contributed by atoms with Crippen LogP contribution in [0, 0.1) is 11.8 Å². The van der Waals surface area contributed by atoms with Crippen molar-refractivity contribution in [3.63, 3.8) is 0 Å². The van der Waals surface area contributed by atoms with Gasteiger partial charge in [-0.1, -0.05) is 45.1 Å². The Morgan fingerprint density at radius 2 is 2.09 bits per heavy atom. The van der Waals surface area contributed by atoms with Gasteiger partial charge in [0.1, 0.15) is 19.4 Å². The average molecular weight is 424 g/mol. The number of pyridine rings is 1. The minimum atomic E-state index is 0.0738. The number of nitrogens with zero attached hydrogens (tertiary/aromatic N) is 2. The molecule has 0 spiro atoms. The van der Waals surface area contributed by atoms with Gasteiger partial charge in [-0.25, -0.2) is 4.98 Å². The lowest BCUT2D eigenvalue weighted by atomic mass is 9.83. The second-order valence-corrected chi connectivity index (χ2v) is 9.99. The number of hydrogen-bond acceptors (Lipinski definition) is 3. The average Bonchev–Trinajstić information content (AvgIpc) is 3.06. The SMILES string of the molecule is [B]C(=C)CC/C=C(\C)OC1=CCC2C(=C1)N(c1cc(C(C)(C)C)ccn1)C1C=CC=CC21. The van der Waals surface area contributed by atoms with Crippen molar-refractivity contribution in [3.05, 3.63) is 95.7 Å². The maximum absolute atomic E-state index is 6.19. The van der Waals surface area contributed by atoms with Crippen LogP contribution in [0.4, 0.5) is 5.82 Å². The summed E-state index contributed by atoms with van der Waals surface area (Å²) in [5.41, 5.74) is 3.35. The maximum atomic E-state index is 6.19. The second-order valence-electron chi connectivity index (χ2n) is 9.99. The van der Waals surface area contributed by atoms with E-state index in [1.54, 1.807) is 0 Å². The molecule has 4 rings (SSSR count). The van der Waals surface area contributed by atoms with Crippen molar-refractivity contribution in [2.24, 2.45) is 11.8 Å². The molecule has 0 saturated carbocycles. The lowest BCUT2D eigenvalue weighted by Crippen LogP contribution is -2.31. The molecule has 1 aromatic rings. The smallest absolute Gasteiger partial charge is 0.133 e. The molecule has 164 valence electrons. The van der Waals surface area contributed by atoms with Gasteiger partial charge in [-0.05, 0) is 61.4 Å². The Balaban J connectivity index is 1.64. The monoisotopic (exact) mass is 424 g/mol. The van der Waals surface area contributed by atoms with Crippen LogP contribution >= 0.6 is 0 Å². The van der Waals surface area contributed by atoms with Crippen molar-refractivity contribution in [1.29, 1.82) is 0 Å². The van der Waals surface area contributed by atoms with Gasteiger partial charge in [0.15, 0.2) is 0 Å². The van der Waals surface area contributed by atoms with E-state index in [0.29, 0.717) is 17.3 Å². The quantitative estimate of drug-likeness (QED) is 0.386. The molecule has 0 N–H and O–H groups in total. The molecule has 1 aliphatic heterocycles. The lowest BCUT2D eigenvalue weighted by molar-refractivity contribution is 0.312. The minimum absolute atomic E-state index is 0.0738. The summed E-state index contributed by atoms with van der Waals surface area (Å²) >= 11 is 0. The van der Waals surface area contributed by atoms with Crippen molar-refractivity contribution in [2.75, 3.05) is 4.90 Å². The molecule has 0 amide bonds. The number of allylic oxidation sites excluding steroid dienone is 8. The highest BCUT2D eigenvalue weighted by molar-refractivity contribution is 6.21. The Morgan fingerprint density at radius 3 is 2.84 bits per heavy atom. The fraction of sp³-hybridized carbons (Fsp3) is 0.393. The molecule has 3 aliphatic rings. The summed E-state index contributed by atoms with van der Waals surface area (Å²) in [6, 6.07) is 4.65. The zero-order valence-corrected chi connectivity index (χ0v) is 19.7. The predicted molar refractivity (Wildman–Crippen MR) is 134 cm³/mol. The molecule has 1 saturated heterocycles. The van der Waals surface area contributed by atoms with E-state index >= 15 is 0 Å². The molecule has 3 unspecified atom stereocenters. The third-order valence-electron chi connectivity index (χ3n) is 6.47. The Hall–Kier alpha value is -2.75. The highest BCUT2D eigenvalue weighted by Crippen LogP contribution is 2.47. The van der Waals surface area contributed by atoms with Crippen LogP contribution in [-0.4, -0.2) is 18.9 Å². The van der Waals surface area contributed by atoms with Gasteiger partial charge in [0.2, 0.25) is 0 Å². The molecule has 2 aliphatic carbocycles. The summed E-state index contributed by atoms with van der Waals surface area (Å²) in [5, 5.41) is 0. The predicted octanol–water partition coefficient (Wildman–Crippen LogP) is 6.48. The van der Waals surface area contributed by atoms with Crippen LogP contribution in [-0.2, 0) is 10.2 Å². The van der Waals surface area contributed by atoms with Crippen molar-refractivity contribution >= 4 is 13.7 Å². The number of aromatic nitrogens is 1. The van der Waals surface area contributed by atoms with Gasteiger partial charge in [-0.15, -0.1) is 12.1 Å². The molecule has 3 nitrogen and oxygen atoms in total. The Labute approximate surface area is 194 Å². The maximum Gasteiger partial charge on any atom is 0.133 e. The third-order valence-corrected chi connectivity index (χ3v) is 6.47. The van der Waals surface area contributed by atoms with Crippen LogP contribution in [0.3, 0.4) is 0 Å². The van der Waals surface area contributed by atoms with E-state index in [1.165, 1.54) is 11.3 Å². The zero-order valence-electron chi connectivity index (χ0n) is 19.7. The zero-order chi connectivity index (χ0) is 22.9. The van der Waals surface area contributed by atoms with Crippen LogP contribution < -0.4 is 4.90 Å². The lowest BCUT2D eigenvalue weighted by Gasteiger charge is -2.29. The summed E-state index contributed by atoms with van der Waals surface area (Å²) in [6.07, 6.45) is 20.0. The van der Waals surface area contributed by atoms with Crippen molar-refractivity contribution in [1.82, 2.24) is 4.98 Å². The molecule has 4 heteroatoms. The normalized spacial score (nSPS) is 24.6. The first-order valence-electron chi connectivity index (χ1n) is 11.5. The Kier molecular flexibility index (Phi) is 6.32. The van der Waals surface area contributed by atoms with Gasteiger partial charge in [-0.3, -0.25) is 0 Å². The first-order valence-corrected chi connectivity index (χ1v) is 11.5. The van der Waals surface area contributed by atoms with Gasteiger partial charge in [0.25, 0.3) is 0 Å². The van der Waals surface area contributed by atoms with E-state index in [0.717, 1.165) is 36.6 Å². The largest absolute Gasteiger partial charge is 0.463 e. The van der Waals surface area contributed by atoms with Gasteiger partial charge in [-0.2, -0.15) is 0 Å². The highest BCUT2D eigenvalue weighted by atomic mass is 16.5. The molecule has 32 heavy (non-hydrogen) atoms. The number of anilines is 1. The standard InChI is InChI=1S/C28H33BN2O/c1-19(29)9-8-10-20(2)32-22-13-14-24-23-11-6-7-12-25(23)31(26(24)18-22)27-17-21(15-16-30-27)28(3,4)5/h6-7,10-13,15-18,23-25H,1,8-9,14H2,2-5H3/b20-10+. The molecule has 3 atom stereocenters. The van der Waals surface area contributed by atoms with Crippen molar-refractivity contribution in [2.45, 2.75) is 58.4 Å². The van der Waals surface area contributed by atoms with Gasteiger partial charge >= 0.3 is 0 Å². The first kappa shape index (κ1) is 22.4. The van der Waals surface area contributed by atoms with Crippen molar-refractivity contribution in [3.8, 4) is 0 Å². The van der Waals surface area contributed by atoms with Gasteiger partial charge in [0, 0.05) is 29.8 Å². The Bertz CT molecular complexity index is 1040. The summed E-state index contributed by atoms with van der Waals surface area (Å²) in [5.74, 6) is 3.67. The number of hydrogen-bond donors (Lipinski definition) is 0. The van der Waals surface area contributed by atoms with Crippen molar-refractivity contribution < 1.29 is 4.74 Å². The minimum Gasteiger partial charge on any atom is -0.463 e. The van der Waals surface area contributed by atoms with Crippen LogP contribution in [0.5, 0.6) is 0 Å². The highest BCUT2D eigenvalue weighted by Gasteiger charge is 2.45. The summed E-state index contributed by atoms with van der Waals surface area (Å²) in [7, 11) is 5.68. The topological polar surface area (TPSA) is 25.4 Å². The number of rotatable bonds is 6. The van der Waals surface area contributed by atoms with E-state index in [9.17, 15) is 0 Å². The van der Waals surface area contributed by atoms with E-state index in [-0.39, 0.29) is 11.5 Å². The van der Waals surface area contributed by atoms with E-state index in [4.69, 9.17) is 17.6 Å². The fourth-order valence-corrected chi connectivity index (χ4v) is 4.75. The van der Waals surface area contributed by atoms with Gasteiger partial charge < -0.3 is 9.64 Å². The van der Waals surface area contributed by atoms with E-state index in [2.05, 4.69) is 86.9 Å². The second kappa shape index (κ2) is 9.01. The molecule has 1 aromatic heterocycles. The van der Waals surface area contributed by atoms with E-state index in [1.807, 2.05) is 13.1 Å². The first-order chi connectivity index (χ1) is 15.2. The summed E-state index contributed by atoms with van der Waals surface area (Å²) < 4.78 is 6.19. The summed E-state index contributed by atoms with van der Waals surface area (Å²) in [4.78, 5) is 7.21. The fourth-order valence-electron chi connectivity index (χ4n) is 4.75. The molecular weight excluding hydrogens is 391 g/mol. The van der Waals surface area contributed by atoms with Gasteiger partial charge in [0.05, 0.1) is 11.8 Å². The molecule has 2 radical (unpaired) electrons. The number of fused-ring (bicyclic) bond motifs is 3. The molecule has 1 fully saturated rings. The molecule has 0 bridgehead atoms. The van der Waals surface area contributed by atoms with E-state index < -0.39 is 0 Å². The third kappa shape index (κ3) is 4.70. The van der Waals surface area contributed by atoms with Crippen LogP contribution in [0.1, 0.15) is 52.5 Å². The molecular formula is C28H33BN2O. The van der Waals surface area contributed by atoms with Crippen LogP contribution in [0.15, 0.2) is 90.1 Å². The molecule has 0 aromatic carbocycles. The number of ether oxygens (including phenoxy) is 1. The Morgan fingerprint density at radius 1 is 1.31 bits per heavy atom. The summed E-state index contributed by atoms with van der Waals surface area (Å²) in [6.45, 7) is 12.5. The van der Waals surface area contributed by atoms with Crippen LogP contribution in [0.2, 0.25) is 0 Å². The van der Waals surface area contributed by atoms with Crippen LogP contribution in [0.25, 0.3) is 0 Å². The molecule has 2 heterocycles.